The summed E-state index contributed by atoms with van der Waals surface area (Å²) in [6.45, 7) is 5.39. The number of rotatable bonds is 4. The van der Waals surface area contributed by atoms with Crippen molar-refractivity contribution in [2.24, 2.45) is 0 Å². The molecule has 0 aromatic carbocycles. The van der Waals surface area contributed by atoms with E-state index in [1.165, 1.54) is 0 Å². The minimum Gasteiger partial charge on any atom is -0.418 e. The number of pyridine rings is 1. The van der Waals surface area contributed by atoms with Gasteiger partial charge in [-0.15, -0.1) is 21.5 Å². The average Bonchev–Trinajstić information content (AvgIpc) is 3.39. The van der Waals surface area contributed by atoms with Crippen LogP contribution in [0.1, 0.15) is 24.4 Å². The third-order valence-electron chi connectivity index (χ3n) is 4.60. The summed E-state index contributed by atoms with van der Waals surface area (Å²) in [7, 11) is 0. The van der Waals surface area contributed by atoms with Crippen LogP contribution < -0.4 is 4.90 Å². The van der Waals surface area contributed by atoms with Crippen LogP contribution in [0.25, 0.3) is 10.8 Å². The summed E-state index contributed by atoms with van der Waals surface area (Å²) in [5.41, 5.74) is 0.617. The third kappa shape index (κ3) is 3.19. The molecule has 3 aromatic rings. The Morgan fingerprint density at radius 1 is 1.19 bits per heavy atom. The minimum atomic E-state index is 0.0533. The van der Waals surface area contributed by atoms with Gasteiger partial charge in [0.1, 0.15) is 11.9 Å². The van der Waals surface area contributed by atoms with Crippen LogP contribution in [0.2, 0.25) is 0 Å². The Balaban J connectivity index is 1.42. The van der Waals surface area contributed by atoms with Gasteiger partial charge in [0.25, 0.3) is 5.89 Å². The Kier molecular flexibility index (Phi) is 4.65. The fraction of sp³-hybridized carbons (Fsp3) is 0.333. The molecule has 132 valence electrons. The molecular formula is C18H18N6OS. The lowest BCUT2D eigenvalue weighted by atomic mass is 10.2. The number of thiophene rings is 1. The smallest absolute Gasteiger partial charge is 0.257 e. The van der Waals surface area contributed by atoms with Gasteiger partial charge in [0.15, 0.2) is 0 Å². The molecule has 0 aliphatic carbocycles. The van der Waals surface area contributed by atoms with Crippen molar-refractivity contribution in [3.8, 4) is 16.8 Å². The van der Waals surface area contributed by atoms with Crippen molar-refractivity contribution in [3.05, 3.63) is 47.3 Å². The molecule has 1 aliphatic heterocycles. The van der Waals surface area contributed by atoms with Crippen LogP contribution in [0, 0.1) is 11.3 Å². The summed E-state index contributed by atoms with van der Waals surface area (Å²) < 4.78 is 5.87. The van der Waals surface area contributed by atoms with Gasteiger partial charge in [-0.2, -0.15) is 5.26 Å². The Hall–Kier alpha value is -2.76. The second-order valence-corrected chi connectivity index (χ2v) is 7.06. The molecule has 3 aromatic heterocycles. The molecule has 0 amide bonds. The van der Waals surface area contributed by atoms with Crippen LogP contribution in [0.3, 0.4) is 0 Å². The van der Waals surface area contributed by atoms with Crippen molar-refractivity contribution in [1.29, 1.82) is 5.26 Å². The van der Waals surface area contributed by atoms with Gasteiger partial charge in [0.2, 0.25) is 5.89 Å². The summed E-state index contributed by atoms with van der Waals surface area (Å²) in [6, 6.07) is 9.82. The van der Waals surface area contributed by atoms with Crippen LogP contribution >= 0.6 is 11.3 Å². The molecule has 0 bridgehead atoms. The van der Waals surface area contributed by atoms with E-state index >= 15 is 0 Å². The Morgan fingerprint density at radius 3 is 2.77 bits per heavy atom. The Labute approximate surface area is 155 Å². The van der Waals surface area contributed by atoms with Gasteiger partial charge in [-0.3, -0.25) is 4.90 Å². The SMILES string of the molecule is CC(c1nnc(-c2cccs2)o1)N1CCN(c2ncccc2C#N)CC1. The molecule has 1 fully saturated rings. The quantitative estimate of drug-likeness (QED) is 0.702. The van der Waals surface area contributed by atoms with Crippen molar-refractivity contribution in [2.75, 3.05) is 31.1 Å². The van der Waals surface area contributed by atoms with E-state index in [0.29, 0.717) is 17.3 Å². The first kappa shape index (κ1) is 16.7. The average molecular weight is 366 g/mol. The van der Waals surface area contributed by atoms with Gasteiger partial charge >= 0.3 is 0 Å². The molecule has 0 radical (unpaired) electrons. The molecule has 4 rings (SSSR count). The number of hydrogen-bond acceptors (Lipinski definition) is 8. The summed E-state index contributed by atoms with van der Waals surface area (Å²) >= 11 is 1.59. The van der Waals surface area contributed by atoms with E-state index in [2.05, 4.69) is 38.0 Å². The summed E-state index contributed by atoms with van der Waals surface area (Å²) in [4.78, 5) is 9.84. The molecule has 1 saturated heterocycles. The van der Waals surface area contributed by atoms with E-state index in [1.54, 1.807) is 23.6 Å². The maximum atomic E-state index is 9.26. The number of hydrogen-bond donors (Lipinski definition) is 0. The molecule has 4 heterocycles. The molecule has 26 heavy (non-hydrogen) atoms. The fourth-order valence-electron chi connectivity index (χ4n) is 3.12. The first-order chi connectivity index (χ1) is 12.8. The van der Waals surface area contributed by atoms with Crippen molar-refractivity contribution in [2.45, 2.75) is 13.0 Å². The van der Waals surface area contributed by atoms with Crippen LogP contribution in [-0.4, -0.2) is 46.3 Å². The molecule has 1 atom stereocenters. The lowest BCUT2D eigenvalue weighted by molar-refractivity contribution is 0.173. The monoisotopic (exact) mass is 366 g/mol. The normalized spacial score (nSPS) is 16.4. The largest absolute Gasteiger partial charge is 0.418 e. The fourth-order valence-corrected chi connectivity index (χ4v) is 3.76. The third-order valence-corrected chi connectivity index (χ3v) is 5.46. The van der Waals surface area contributed by atoms with Gasteiger partial charge < -0.3 is 9.32 Å². The molecule has 0 spiro atoms. The second kappa shape index (κ2) is 7.23. The van der Waals surface area contributed by atoms with E-state index in [-0.39, 0.29) is 6.04 Å². The second-order valence-electron chi connectivity index (χ2n) is 6.11. The Morgan fingerprint density at radius 2 is 2.04 bits per heavy atom. The van der Waals surface area contributed by atoms with Crippen LogP contribution in [0.15, 0.2) is 40.3 Å². The highest BCUT2D eigenvalue weighted by Crippen LogP contribution is 2.28. The van der Waals surface area contributed by atoms with E-state index in [1.807, 2.05) is 23.6 Å². The highest BCUT2D eigenvalue weighted by atomic mass is 32.1. The zero-order valence-corrected chi connectivity index (χ0v) is 15.2. The maximum Gasteiger partial charge on any atom is 0.257 e. The Bertz CT molecular complexity index is 908. The number of aromatic nitrogens is 3. The highest BCUT2D eigenvalue weighted by Gasteiger charge is 2.27. The first-order valence-electron chi connectivity index (χ1n) is 8.47. The van der Waals surface area contributed by atoms with Gasteiger partial charge in [-0.25, -0.2) is 4.98 Å². The van der Waals surface area contributed by atoms with E-state index in [0.717, 1.165) is 36.9 Å². The highest BCUT2D eigenvalue weighted by molar-refractivity contribution is 7.13. The molecule has 8 heteroatoms. The summed E-state index contributed by atoms with van der Waals surface area (Å²) in [5, 5.41) is 19.7. The van der Waals surface area contributed by atoms with Gasteiger partial charge in [0, 0.05) is 32.4 Å². The van der Waals surface area contributed by atoms with Crippen LogP contribution in [-0.2, 0) is 0 Å². The predicted molar refractivity (Wildman–Crippen MR) is 98.8 cm³/mol. The zero-order valence-electron chi connectivity index (χ0n) is 14.4. The molecule has 0 N–H and O–H groups in total. The zero-order chi connectivity index (χ0) is 17.9. The molecule has 1 aliphatic rings. The van der Waals surface area contributed by atoms with Crippen molar-refractivity contribution in [1.82, 2.24) is 20.1 Å². The number of nitrogens with zero attached hydrogens (tertiary/aromatic N) is 6. The number of nitriles is 1. The van der Waals surface area contributed by atoms with Crippen molar-refractivity contribution >= 4 is 17.2 Å². The standard InChI is InChI=1S/C18H18N6OS/c1-13(17-21-22-18(25-17)15-5-3-11-26-15)23-7-9-24(10-8-23)16-14(12-19)4-2-6-20-16/h2-6,11,13H,7-10H2,1H3. The van der Waals surface area contributed by atoms with Gasteiger partial charge in [-0.1, -0.05) is 6.07 Å². The lowest BCUT2D eigenvalue weighted by Crippen LogP contribution is -2.47. The van der Waals surface area contributed by atoms with Crippen LogP contribution in [0.5, 0.6) is 0 Å². The number of piperazine rings is 1. The number of anilines is 1. The van der Waals surface area contributed by atoms with Crippen molar-refractivity contribution < 1.29 is 4.42 Å². The molecule has 0 saturated carbocycles. The van der Waals surface area contributed by atoms with E-state index in [9.17, 15) is 5.26 Å². The summed E-state index contributed by atoms with van der Waals surface area (Å²) in [6.07, 6.45) is 1.73. The molecule has 7 nitrogen and oxygen atoms in total. The topological polar surface area (TPSA) is 82.1 Å². The lowest BCUT2D eigenvalue weighted by Gasteiger charge is -2.37. The first-order valence-corrected chi connectivity index (χ1v) is 9.35. The summed E-state index contributed by atoms with van der Waals surface area (Å²) in [5.74, 6) is 1.98. The minimum absolute atomic E-state index is 0.0533. The molecular weight excluding hydrogens is 348 g/mol. The van der Waals surface area contributed by atoms with E-state index < -0.39 is 0 Å². The predicted octanol–water partition coefficient (Wildman–Crippen LogP) is 2.95. The van der Waals surface area contributed by atoms with Gasteiger partial charge in [-0.05, 0) is 30.5 Å². The molecule has 1 unspecified atom stereocenters. The van der Waals surface area contributed by atoms with E-state index in [4.69, 9.17) is 4.42 Å². The van der Waals surface area contributed by atoms with Crippen molar-refractivity contribution in [3.63, 3.8) is 0 Å². The maximum absolute atomic E-state index is 9.26. The van der Waals surface area contributed by atoms with Crippen LogP contribution in [0.4, 0.5) is 5.82 Å². The van der Waals surface area contributed by atoms with Gasteiger partial charge in [0.05, 0.1) is 16.5 Å².